The Bertz CT molecular complexity index is 751. The minimum Gasteiger partial charge on any atom is -0.349 e. The molecule has 1 aromatic rings. The third-order valence-corrected chi connectivity index (χ3v) is 7.56. The molecule has 8 heteroatoms. The Balaban J connectivity index is 1.60. The maximum atomic E-state index is 12.6. The molecule has 0 unspecified atom stereocenters. The molecule has 2 heterocycles. The maximum Gasteiger partial charge on any atom is 0.254 e. The molecule has 140 valence electrons. The molecule has 1 aromatic heterocycles. The zero-order chi connectivity index (χ0) is 18.4. The lowest BCUT2D eigenvalue weighted by Gasteiger charge is -2.35. The van der Waals surface area contributed by atoms with Crippen LogP contribution in [0.25, 0.3) is 0 Å². The number of aryl methyl sites for hydroxylation is 1. The van der Waals surface area contributed by atoms with Gasteiger partial charge in [0.15, 0.2) is 0 Å². The first-order valence-electron chi connectivity index (χ1n) is 8.93. The Morgan fingerprint density at radius 1 is 1.20 bits per heavy atom. The Morgan fingerprint density at radius 2 is 1.80 bits per heavy atom. The van der Waals surface area contributed by atoms with Crippen LogP contribution in [0, 0.1) is 0 Å². The van der Waals surface area contributed by atoms with E-state index in [2.05, 4.69) is 10.4 Å². The highest BCUT2D eigenvalue weighted by molar-refractivity contribution is 7.90. The fourth-order valence-electron chi connectivity index (χ4n) is 3.23. The van der Waals surface area contributed by atoms with Crippen molar-refractivity contribution in [2.24, 2.45) is 7.05 Å². The summed E-state index contributed by atoms with van der Waals surface area (Å²) in [5.41, 5.74) is 1.56. The lowest BCUT2D eigenvalue weighted by molar-refractivity contribution is 0.0922. The zero-order valence-corrected chi connectivity index (χ0v) is 16.3. The van der Waals surface area contributed by atoms with Gasteiger partial charge in [-0.25, -0.2) is 12.7 Å². The van der Waals surface area contributed by atoms with E-state index in [1.807, 2.05) is 7.05 Å². The number of hydrogen-bond acceptors (Lipinski definition) is 4. The van der Waals surface area contributed by atoms with Gasteiger partial charge in [-0.1, -0.05) is 0 Å². The number of aromatic nitrogens is 2. The lowest BCUT2D eigenvalue weighted by atomic mass is 10.1. The predicted octanol–water partition coefficient (Wildman–Crippen LogP) is 1.62. The Morgan fingerprint density at radius 3 is 2.32 bits per heavy atom. The molecule has 0 atom stereocenters. The molecule has 1 aliphatic heterocycles. The standard InChI is InChI=1S/C17H28N4O3S/c1-17(2,3)25(23,24)21-9-7-13(8-10-21)18-16(22)14-11-20(4)19-15(14)12-5-6-12/h11-13H,5-10H2,1-4H3,(H,18,22). The summed E-state index contributed by atoms with van der Waals surface area (Å²) in [6.07, 6.45) is 5.25. The van der Waals surface area contributed by atoms with E-state index in [0.717, 1.165) is 18.5 Å². The average Bonchev–Trinajstić information content (AvgIpc) is 3.29. The lowest BCUT2D eigenvalue weighted by Crippen LogP contribution is -2.50. The number of nitrogens with zero attached hydrogens (tertiary/aromatic N) is 3. The molecular weight excluding hydrogens is 340 g/mol. The molecule has 1 saturated carbocycles. The van der Waals surface area contributed by atoms with Gasteiger partial charge < -0.3 is 5.32 Å². The third kappa shape index (κ3) is 3.74. The van der Waals surface area contributed by atoms with Crippen molar-refractivity contribution in [1.82, 2.24) is 19.4 Å². The molecule has 0 radical (unpaired) electrons. The number of rotatable bonds is 4. The van der Waals surface area contributed by atoms with E-state index in [-0.39, 0.29) is 11.9 Å². The Hall–Kier alpha value is -1.41. The number of piperidine rings is 1. The van der Waals surface area contributed by atoms with Crippen molar-refractivity contribution in [3.8, 4) is 0 Å². The van der Waals surface area contributed by atoms with Gasteiger partial charge in [-0.2, -0.15) is 5.10 Å². The summed E-state index contributed by atoms with van der Waals surface area (Å²) in [7, 11) is -1.47. The summed E-state index contributed by atoms with van der Waals surface area (Å²) in [5.74, 6) is 0.327. The molecule has 0 spiro atoms. The Labute approximate surface area is 149 Å². The molecule has 1 N–H and O–H groups in total. The fourth-order valence-corrected chi connectivity index (χ4v) is 4.70. The summed E-state index contributed by atoms with van der Waals surface area (Å²) in [4.78, 5) is 12.6. The SMILES string of the molecule is Cn1cc(C(=O)NC2CCN(S(=O)(=O)C(C)(C)C)CC2)c(C2CC2)n1. The van der Waals surface area contributed by atoms with Crippen molar-refractivity contribution in [3.05, 3.63) is 17.5 Å². The van der Waals surface area contributed by atoms with Crippen molar-refractivity contribution in [1.29, 1.82) is 0 Å². The van der Waals surface area contributed by atoms with Gasteiger partial charge in [0.1, 0.15) is 0 Å². The summed E-state index contributed by atoms with van der Waals surface area (Å²) in [5, 5.41) is 7.49. The topological polar surface area (TPSA) is 84.3 Å². The second-order valence-electron chi connectivity index (χ2n) is 8.14. The van der Waals surface area contributed by atoms with Gasteiger partial charge >= 0.3 is 0 Å². The van der Waals surface area contributed by atoms with Crippen LogP contribution in [0.3, 0.4) is 0 Å². The number of carbonyl (C=O) groups is 1. The van der Waals surface area contributed by atoms with Crippen molar-refractivity contribution in [2.75, 3.05) is 13.1 Å². The molecule has 1 saturated heterocycles. The summed E-state index contributed by atoms with van der Waals surface area (Å²) >= 11 is 0. The second kappa shape index (κ2) is 6.39. The summed E-state index contributed by atoms with van der Waals surface area (Å²) in [6, 6.07) is 0.00572. The first-order chi connectivity index (χ1) is 11.6. The van der Waals surface area contributed by atoms with E-state index in [1.165, 1.54) is 0 Å². The van der Waals surface area contributed by atoms with Gasteiger partial charge in [0, 0.05) is 38.3 Å². The number of carbonyl (C=O) groups excluding carboxylic acids is 1. The summed E-state index contributed by atoms with van der Waals surface area (Å²) in [6.45, 7) is 6.06. The highest BCUT2D eigenvalue weighted by Crippen LogP contribution is 2.40. The van der Waals surface area contributed by atoms with Crippen LogP contribution < -0.4 is 5.32 Å². The van der Waals surface area contributed by atoms with Crippen LogP contribution >= 0.6 is 0 Å². The van der Waals surface area contributed by atoms with Crippen LogP contribution in [0.4, 0.5) is 0 Å². The molecule has 0 bridgehead atoms. The number of hydrogen-bond donors (Lipinski definition) is 1. The molecule has 1 aliphatic carbocycles. The molecule has 2 fully saturated rings. The largest absolute Gasteiger partial charge is 0.349 e. The number of sulfonamides is 1. The van der Waals surface area contributed by atoms with Crippen LogP contribution in [0.15, 0.2) is 6.20 Å². The molecule has 2 aliphatic rings. The number of amides is 1. The zero-order valence-electron chi connectivity index (χ0n) is 15.4. The van der Waals surface area contributed by atoms with Gasteiger partial charge in [0.2, 0.25) is 10.0 Å². The first kappa shape index (κ1) is 18.4. The highest BCUT2D eigenvalue weighted by Gasteiger charge is 2.38. The molecule has 0 aromatic carbocycles. The highest BCUT2D eigenvalue weighted by atomic mass is 32.2. The summed E-state index contributed by atoms with van der Waals surface area (Å²) < 4.78 is 27.5. The van der Waals surface area contributed by atoms with E-state index in [0.29, 0.717) is 37.4 Å². The van der Waals surface area contributed by atoms with Crippen LogP contribution in [0.1, 0.15) is 68.4 Å². The number of nitrogens with one attached hydrogen (secondary N) is 1. The molecular formula is C17H28N4O3S. The second-order valence-corrected chi connectivity index (χ2v) is 10.8. The van der Waals surface area contributed by atoms with Crippen molar-refractivity contribution >= 4 is 15.9 Å². The van der Waals surface area contributed by atoms with E-state index in [9.17, 15) is 13.2 Å². The van der Waals surface area contributed by atoms with Crippen molar-refractivity contribution in [2.45, 2.75) is 63.2 Å². The normalized spacial score (nSPS) is 20.6. The van der Waals surface area contributed by atoms with Crippen LogP contribution in [-0.2, 0) is 17.1 Å². The molecule has 1 amide bonds. The van der Waals surface area contributed by atoms with Crippen LogP contribution in [0.2, 0.25) is 0 Å². The maximum absolute atomic E-state index is 12.6. The monoisotopic (exact) mass is 368 g/mol. The minimum atomic E-state index is -3.30. The molecule has 3 rings (SSSR count). The van der Waals surface area contributed by atoms with Gasteiger partial charge in [-0.3, -0.25) is 9.48 Å². The molecule has 7 nitrogen and oxygen atoms in total. The quantitative estimate of drug-likeness (QED) is 0.875. The Kier molecular flexibility index (Phi) is 4.70. The third-order valence-electron chi connectivity index (χ3n) is 4.97. The van der Waals surface area contributed by atoms with Gasteiger partial charge in [-0.15, -0.1) is 0 Å². The van der Waals surface area contributed by atoms with Crippen molar-refractivity contribution < 1.29 is 13.2 Å². The van der Waals surface area contributed by atoms with Gasteiger partial charge in [-0.05, 0) is 46.5 Å². The smallest absolute Gasteiger partial charge is 0.254 e. The van der Waals surface area contributed by atoms with E-state index in [4.69, 9.17) is 0 Å². The van der Waals surface area contributed by atoms with Crippen LogP contribution in [0.5, 0.6) is 0 Å². The van der Waals surface area contributed by atoms with E-state index >= 15 is 0 Å². The van der Waals surface area contributed by atoms with Gasteiger partial charge in [0.25, 0.3) is 5.91 Å². The van der Waals surface area contributed by atoms with E-state index in [1.54, 1.807) is 36.0 Å². The van der Waals surface area contributed by atoms with Crippen LogP contribution in [-0.4, -0.2) is 52.3 Å². The molecule has 25 heavy (non-hydrogen) atoms. The van der Waals surface area contributed by atoms with E-state index < -0.39 is 14.8 Å². The fraction of sp³-hybridized carbons (Fsp3) is 0.765. The minimum absolute atomic E-state index is 0.00572. The van der Waals surface area contributed by atoms with Gasteiger partial charge in [0.05, 0.1) is 16.0 Å². The van der Waals surface area contributed by atoms with Crippen molar-refractivity contribution in [3.63, 3.8) is 0 Å². The average molecular weight is 369 g/mol. The first-order valence-corrected chi connectivity index (χ1v) is 10.4. The predicted molar refractivity (Wildman–Crippen MR) is 95.9 cm³/mol.